The van der Waals surface area contributed by atoms with Crippen molar-refractivity contribution in [2.75, 3.05) is 0 Å². The fourth-order valence-electron chi connectivity index (χ4n) is 2.92. The van der Waals surface area contributed by atoms with E-state index in [1.54, 1.807) is 31.2 Å². The predicted octanol–water partition coefficient (Wildman–Crippen LogP) is 3.09. The van der Waals surface area contributed by atoms with Crippen LogP contribution >= 0.6 is 0 Å². The zero-order valence-corrected chi connectivity index (χ0v) is 15.7. The minimum Gasteiger partial charge on any atom is -0.344 e. The molecule has 0 radical (unpaired) electrons. The quantitative estimate of drug-likeness (QED) is 0.596. The minimum atomic E-state index is -0.498. The molecule has 0 saturated carbocycles. The first-order valence-electron chi connectivity index (χ1n) is 9.01. The van der Waals surface area contributed by atoms with Gasteiger partial charge in [0.1, 0.15) is 11.5 Å². The summed E-state index contributed by atoms with van der Waals surface area (Å²) in [5, 5.41) is 19.0. The second kappa shape index (κ2) is 8.59. The highest BCUT2D eigenvalue weighted by molar-refractivity contribution is 6.39. The third kappa shape index (κ3) is 5.01. The maximum atomic E-state index is 13.0. The first-order valence-corrected chi connectivity index (χ1v) is 9.01. The lowest BCUT2D eigenvalue weighted by Gasteiger charge is -2.24. The Morgan fingerprint density at radius 1 is 1.28 bits per heavy atom. The Morgan fingerprint density at radius 3 is 2.69 bits per heavy atom. The van der Waals surface area contributed by atoms with Gasteiger partial charge in [-0.3, -0.25) is 19.7 Å². The second-order valence-electron chi connectivity index (χ2n) is 6.67. The average Bonchev–Trinajstić information content (AvgIpc) is 2.71. The molecule has 0 aromatic heterocycles. The highest BCUT2D eigenvalue weighted by atomic mass is 19.1. The van der Waals surface area contributed by atoms with Crippen molar-refractivity contribution in [3.63, 3.8) is 0 Å². The third-order valence-corrected chi connectivity index (χ3v) is 4.54. The number of benzene rings is 2. The largest absolute Gasteiger partial charge is 0.344 e. The van der Waals surface area contributed by atoms with Gasteiger partial charge in [0.2, 0.25) is 5.91 Å². The minimum absolute atomic E-state index is 0.0605. The van der Waals surface area contributed by atoms with Crippen LogP contribution in [0.25, 0.3) is 0 Å². The Balaban J connectivity index is 1.70. The Bertz CT molecular complexity index is 975. The van der Waals surface area contributed by atoms with Gasteiger partial charge in [0.05, 0.1) is 17.5 Å². The first kappa shape index (κ1) is 20.1. The second-order valence-corrected chi connectivity index (χ2v) is 6.67. The van der Waals surface area contributed by atoms with Gasteiger partial charge in [-0.25, -0.2) is 9.40 Å². The number of nitro benzene ring substituents is 1. The molecule has 0 bridgehead atoms. The number of carbonyl (C=O) groups excluding carboxylic acids is 2. The number of hydrazone groups is 1. The van der Waals surface area contributed by atoms with E-state index >= 15 is 0 Å². The van der Waals surface area contributed by atoms with Crippen LogP contribution < -0.4 is 5.32 Å². The van der Waals surface area contributed by atoms with Crippen molar-refractivity contribution >= 4 is 23.2 Å². The molecule has 0 aliphatic carbocycles. The highest BCUT2D eigenvalue weighted by Gasteiger charge is 2.25. The molecule has 0 saturated heterocycles. The van der Waals surface area contributed by atoms with Crippen LogP contribution in [0.4, 0.5) is 10.1 Å². The van der Waals surface area contributed by atoms with Crippen molar-refractivity contribution < 1.29 is 18.9 Å². The van der Waals surface area contributed by atoms with Gasteiger partial charge >= 0.3 is 0 Å². The van der Waals surface area contributed by atoms with E-state index in [4.69, 9.17) is 0 Å². The van der Waals surface area contributed by atoms with Gasteiger partial charge < -0.3 is 5.32 Å². The molecule has 1 aliphatic heterocycles. The number of hydrogen-bond donors (Lipinski definition) is 1. The van der Waals surface area contributed by atoms with E-state index in [1.807, 2.05) is 0 Å². The zero-order valence-electron chi connectivity index (χ0n) is 15.7. The van der Waals surface area contributed by atoms with Gasteiger partial charge in [-0.1, -0.05) is 24.3 Å². The van der Waals surface area contributed by atoms with Gasteiger partial charge in [0, 0.05) is 25.0 Å². The van der Waals surface area contributed by atoms with Crippen molar-refractivity contribution in [1.82, 2.24) is 10.3 Å². The number of nitrogens with one attached hydrogen (secondary N) is 1. The smallest absolute Gasteiger partial charge is 0.269 e. The molecule has 1 atom stereocenters. The topological polar surface area (TPSA) is 105 Å². The molecule has 29 heavy (non-hydrogen) atoms. The van der Waals surface area contributed by atoms with Crippen LogP contribution in [0.1, 0.15) is 36.9 Å². The third-order valence-electron chi connectivity index (χ3n) is 4.54. The molecule has 3 rings (SSSR count). The summed E-state index contributed by atoms with van der Waals surface area (Å²) in [6, 6.07) is 11.2. The summed E-state index contributed by atoms with van der Waals surface area (Å²) >= 11 is 0. The molecule has 2 aromatic carbocycles. The summed E-state index contributed by atoms with van der Waals surface area (Å²) in [6.45, 7) is 1.85. The summed E-state index contributed by atoms with van der Waals surface area (Å²) in [7, 11) is 0. The number of halogens is 1. The lowest BCUT2D eigenvalue weighted by Crippen LogP contribution is -2.39. The van der Waals surface area contributed by atoms with Crippen LogP contribution in [0.15, 0.2) is 53.6 Å². The summed E-state index contributed by atoms with van der Waals surface area (Å²) in [5.41, 5.74) is 1.41. The van der Waals surface area contributed by atoms with Crippen LogP contribution in [-0.2, 0) is 16.1 Å². The molecule has 0 fully saturated rings. The van der Waals surface area contributed by atoms with E-state index in [0.717, 1.165) is 0 Å². The Kier molecular flexibility index (Phi) is 5.96. The van der Waals surface area contributed by atoms with Crippen LogP contribution in [0.2, 0.25) is 0 Å². The molecular formula is C20H19FN4O4. The lowest BCUT2D eigenvalue weighted by molar-refractivity contribution is -0.384. The standard InChI is InChI=1S/C20H19FN4O4/c1-13(15-3-2-4-17(11-15)25(28)29)22-20(27)18-9-10-19(26)24(23-18)12-14-5-7-16(21)8-6-14/h2-8,11,13H,9-10,12H2,1H3,(H,22,27). The first-order chi connectivity index (χ1) is 13.8. The SMILES string of the molecule is CC(NC(=O)C1=NN(Cc2ccc(F)cc2)C(=O)CC1)c1cccc([N+](=O)[O-])c1. The molecule has 1 aliphatic rings. The number of amides is 2. The van der Waals surface area contributed by atoms with Gasteiger partial charge in [-0.05, 0) is 30.2 Å². The molecular weight excluding hydrogens is 379 g/mol. The summed E-state index contributed by atoms with van der Waals surface area (Å²) in [4.78, 5) is 35.1. The van der Waals surface area contributed by atoms with Crippen molar-refractivity contribution in [3.8, 4) is 0 Å². The number of nitrogens with zero attached hydrogens (tertiary/aromatic N) is 3. The highest BCUT2D eigenvalue weighted by Crippen LogP contribution is 2.20. The van der Waals surface area contributed by atoms with Gasteiger partial charge in [-0.15, -0.1) is 0 Å². The molecule has 2 aromatic rings. The van der Waals surface area contributed by atoms with Gasteiger partial charge in [-0.2, -0.15) is 5.10 Å². The molecule has 8 nitrogen and oxygen atoms in total. The zero-order chi connectivity index (χ0) is 21.0. The summed E-state index contributed by atoms with van der Waals surface area (Å²) in [6.07, 6.45) is 0.338. The van der Waals surface area contributed by atoms with E-state index in [-0.39, 0.29) is 42.5 Å². The van der Waals surface area contributed by atoms with Gasteiger partial charge in [0.15, 0.2) is 0 Å². The number of hydrogen-bond acceptors (Lipinski definition) is 5. The van der Waals surface area contributed by atoms with Crippen LogP contribution in [0, 0.1) is 15.9 Å². The molecule has 1 heterocycles. The van der Waals surface area contributed by atoms with E-state index in [2.05, 4.69) is 10.4 Å². The molecule has 150 valence electrons. The van der Waals surface area contributed by atoms with Crippen molar-refractivity contribution in [1.29, 1.82) is 0 Å². The maximum absolute atomic E-state index is 13.0. The van der Waals surface area contributed by atoms with E-state index < -0.39 is 16.9 Å². The monoisotopic (exact) mass is 398 g/mol. The molecule has 1 N–H and O–H groups in total. The molecule has 9 heteroatoms. The molecule has 1 unspecified atom stereocenters. The number of non-ortho nitro benzene ring substituents is 1. The lowest BCUT2D eigenvalue weighted by atomic mass is 10.1. The maximum Gasteiger partial charge on any atom is 0.269 e. The Hall–Kier alpha value is -3.62. The number of nitro groups is 1. The Morgan fingerprint density at radius 2 is 2.00 bits per heavy atom. The van der Waals surface area contributed by atoms with Crippen molar-refractivity contribution in [2.45, 2.75) is 32.4 Å². The van der Waals surface area contributed by atoms with Crippen LogP contribution in [0.5, 0.6) is 0 Å². The van der Waals surface area contributed by atoms with Crippen LogP contribution in [0.3, 0.4) is 0 Å². The molecule has 0 spiro atoms. The fourth-order valence-corrected chi connectivity index (χ4v) is 2.92. The summed E-state index contributed by atoms with van der Waals surface area (Å²) < 4.78 is 13.0. The number of rotatable bonds is 6. The molecule has 2 amide bonds. The van der Waals surface area contributed by atoms with Crippen molar-refractivity contribution in [3.05, 3.63) is 75.6 Å². The predicted molar refractivity (Wildman–Crippen MR) is 103 cm³/mol. The van der Waals surface area contributed by atoms with E-state index in [1.165, 1.54) is 29.3 Å². The van der Waals surface area contributed by atoms with E-state index in [0.29, 0.717) is 11.1 Å². The van der Waals surface area contributed by atoms with Crippen LogP contribution in [-0.4, -0.2) is 27.5 Å². The average molecular weight is 398 g/mol. The normalized spacial score (nSPS) is 14.9. The Labute approximate surface area is 166 Å². The number of carbonyl (C=O) groups is 2. The fraction of sp³-hybridized carbons (Fsp3) is 0.250. The van der Waals surface area contributed by atoms with Gasteiger partial charge in [0.25, 0.3) is 11.6 Å². The summed E-state index contributed by atoms with van der Waals surface area (Å²) in [5.74, 6) is -1.05. The van der Waals surface area contributed by atoms with E-state index in [9.17, 15) is 24.1 Å². The van der Waals surface area contributed by atoms with Crippen molar-refractivity contribution in [2.24, 2.45) is 5.10 Å².